The number of nitrogens with two attached hydrogens (primary N) is 1. The van der Waals surface area contributed by atoms with E-state index in [4.69, 9.17) is 5.73 Å². The highest BCUT2D eigenvalue weighted by Gasteiger charge is 2.39. The third kappa shape index (κ3) is 9.47. The van der Waals surface area contributed by atoms with Crippen LogP contribution in [0.4, 0.5) is 8.78 Å². The summed E-state index contributed by atoms with van der Waals surface area (Å²) in [5, 5.41) is 15.8. The fourth-order valence-corrected chi connectivity index (χ4v) is 7.32. The molecule has 12 nitrogen and oxygen atoms in total. The van der Waals surface area contributed by atoms with E-state index in [1.807, 2.05) is 55.7 Å². The quantitative estimate of drug-likeness (QED) is 0.173. The average Bonchev–Trinajstić information content (AvgIpc) is 3.85. The number of imide groups is 1. The van der Waals surface area contributed by atoms with Crippen molar-refractivity contribution >= 4 is 29.5 Å². The lowest BCUT2D eigenvalue weighted by Crippen LogP contribution is -2.51. The van der Waals surface area contributed by atoms with Crippen molar-refractivity contribution in [3.05, 3.63) is 95.8 Å². The van der Waals surface area contributed by atoms with E-state index in [0.29, 0.717) is 37.1 Å². The van der Waals surface area contributed by atoms with Gasteiger partial charge in [0.2, 0.25) is 17.7 Å². The predicted octanol–water partition coefficient (Wildman–Crippen LogP) is 3.43. The van der Waals surface area contributed by atoms with Crippen LogP contribution in [0.25, 0.3) is 11.1 Å². The number of halogens is 2. The molecule has 288 valence electrons. The van der Waals surface area contributed by atoms with Crippen molar-refractivity contribution in [3.63, 3.8) is 0 Å². The molecule has 1 saturated carbocycles. The van der Waals surface area contributed by atoms with E-state index in [0.717, 1.165) is 28.7 Å². The number of aliphatic hydroxyl groups excluding tert-OH is 1. The summed E-state index contributed by atoms with van der Waals surface area (Å²) in [6, 6.07) is 12.2. The summed E-state index contributed by atoms with van der Waals surface area (Å²) in [4.78, 5) is 66.1. The fourth-order valence-electron chi connectivity index (χ4n) is 7.32. The van der Waals surface area contributed by atoms with Crippen molar-refractivity contribution < 1.29 is 37.9 Å². The van der Waals surface area contributed by atoms with Crippen molar-refractivity contribution in [2.75, 3.05) is 26.2 Å². The molecule has 0 spiro atoms. The number of rotatable bonds is 15. The highest BCUT2D eigenvalue weighted by atomic mass is 19.1. The molecule has 5 rings (SSSR count). The van der Waals surface area contributed by atoms with Crippen LogP contribution >= 0.6 is 0 Å². The Bertz CT molecular complexity index is 1870. The summed E-state index contributed by atoms with van der Waals surface area (Å²) < 4.78 is 31.3. The molecule has 4 atom stereocenters. The van der Waals surface area contributed by atoms with Crippen LogP contribution in [0.5, 0.6) is 0 Å². The monoisotopic (exact) mass is 746 g/mol. The molecule has 3 aromatic rings. The molecule has 0 saturated heterocycles. The number of hydrogen-bond acceptors (Lipinski definition) is 7. The minimum absolute atomic E-state index is 0.0183. The molecule has 1 aliphatic heterocycles. The van der Waals surface area contributed by atoms with Gasteiger partial charge in [0.15, 0.2) is 0 Å². The molecular weight excluding hydrogens is 698 g/mol. The van der Waals surface area contributed by atoms with Gasteiger partial charge in [-0.3, -0.25) is 28.9 Å². The van der Waals surface area contributed by atoms with Gasteiger partial charge in [0.1, 0.15) is 18.2 Å². The Hall–Kier alpha value is -5.21. The van der Waals surface area contributed by atoms with Gasteiger partial charge in [0.05, 0.1) is 18.0 Å². The standard InChI is InChI=1S/C40H48F2N6O6/c1-40(2,3)37(33-20-26(29-21-27(41)12-13-30(29)42)23-46(33)22-25-8-5-4-6-9-25)48(36(52)24-49)18-16-31(43)39(54)45-32-11-7-10-28(32)38(53)44-17-19-47-34(50)14-15-35(47)51/h4-6,8-9,12-15,20-21,23,28,31-32,37,49H,7,10-11,16-19,22,24,43H2,1-3H3,(H,44,53)(H,45,54)/t28-,31+,32+,37+/m1/s1. The van der Waals surface area contributed by atoms with Crippen molar-refractivity contribution in [1.82, 2.24) is 25.0 Å². The van der Waals surface area contributed by atoms with Gasteiger partial charge in [0, 0.05) is 67.4 Å². The van der Waals surface area contributed by atoms with E-state index in [-0.39, 0.29) is 37.5 Å². The maximum Gasteiger partial charge on any atom is 0.253 e. The lowest BCUT2D eigenvalue weighted by atomic mass is 9.82. The van der Waals surface area contributed by atoms with Crippen LogP contribution in [-0.2, 0) is 30.5 Å². The van der Waals surface area contributed by atoms with Gasteiger partial charge in [-0.05, 0) is 54.5 Å². The topological polar surface area (TPSA) is 167 Å². The minimum Gasteiger partial charge on any atom is -0.387 e. The summed E-state index contributed by atoms with van der Waals surface area (Å²) in [6.45, 7) is 5.40. The number of aromatic nitrogens is 1. The second-order valence-corrected chi connectivity index (χ2v) is 14.9. The maximum atomic E-state index is 15.1. The third-order valence-electron chi connectivity index (χ3n) is 9.97. The van der Waals surface area contributed by atoms with E-state index < -0.39 is 71.3 Å². The number of aliphatic hydroxyl groups is 1. The normalized spacial score (nSPS) is 18.2. The first-order chi connectivity index (χ1) is 25.7. The molecule has 2 aromatic carbocycles. The summed E-state index contributed by atoms with van der Waals surface area (Å²) in [6.07, 6.45) is 5.87. The van der Waals surface area contributed by atoms with Crippen LogP contribution in [0.15, 0.2) is 72.9 Å². The zero-order valence-electron chi connectivity index (χ0n) is 30.8. The number of amides is 5. The molecular formula is C40H48F2N6O6. The molecule has 14 heteroatoms. The molecule has 1 fully saturated rings. The molecule has 54 heavy (non-hydrogen) atoms. The lowest BCUT2D eigenvalue weighted by molar-refractivity contribution is -0.140. The first-order valence-electron chi connectivity index (χ1n) is 18.1. The Kier molecular flexibility index (Phi) is 12.8. The van der Waals surface area contributed by atoms with Gasteiger partial charge in [-0.15, -0.1) is 0 Å². The van der Waals surface area contributed by atoms with Crippen LogP contribution in [0.2, 0.25) is 0 Å². The maximum absolute atomic E-state index is 15.1. The van der Waals surface area contributed by atoms with Crippen molar-refractivity contribution in [2.24, 2.45) is 17.1 Å². The molecule has 1 aliphatic carbocycles. The average molecular weight is 747 g/mol. The first kappa shape index (κ1) is 40.0. The van der Waals surface area contributed by atoms with Crippen molar-refractivity contribution in [3.8, 4) is 11.1 Å². The Morgan fingerprint density at radius 3 is 2.39 bits per heavy atom. The molecule has 5 amide bonds. The van der Waals surface area contributed by atoms with Crippen molar-refractivity contribution in [2.45, 2.75) is 71.1 Å². The third-order valence-corrected chi connectivity index (χ3v) is 9.97. The second-order valence-electron chi connectivity index (χ2n) is 14.9. The number of hydrogen-bond donors (Lipinski definition) is 4. The number of nitrogens with one attached hydrogen (secondary N) is 2. The molecule has 0 unspecified atom stereocenters. The van der Waals surface area contributed by atoms with Crippen LogP contribution in [0.3, 0.4) is 0 Å². The van der Waals surface area contributed by atoms with Crippen LogP contribution < -0.4 is 16.4 Å². The summed E-state index contributed by atoms with van der Waals surface area (Å²) in [5.41, 5.74) is 7.75. The van der Waals surface area contributed by atoms with E-state index in [9.17, 15) is 33.5 Å². The number of nitrogens with zero attached hydrogens (tertiary/aromatic N) is 3. The summed E-state index contributed by atoms with van der Waals surface area (Å²) in [7, 11) is 0. The fraction of sp³-hybridized carbons (Fsp3) is 0.425. The largest absolute Gasteiger partial charge is 0.387 e. The smallest absolute Gasteiger partial charge is 0.253 e. The molecule has 0 radical (unpaired) electrons. The van der Waals surface area contributed by atoms with E-state index >= 15 is 4.39 Å². The van der Waals surface area contributed by atoms with Crippen LogP contribution in [-0.4, -0.2) is 87.3 Å². The van der Waals surface area contributed by atoms with E-state index in [1.54, 1.807) is 12.3 Å². The number of benzene rings is 2. The minimum atomic E-state index is -1.07. The van der Waals surface area contributed by atoms with Gasteiger partial charge in [-0.25, -0.2) is 8.78 Å². The van der Waals surface area contributed by atoms with Gasteiger partial charge in [0.25, 0.3) is 11.8 Å². The van der Waals surface area contributed by atoms with Gasteiger partial charge < -0.3 is 30.9 Å². The summed E-state index contributed by atoms with van der Waals surface area (Å²) in [5.74, 6) is -4.02. The van der Waals surface area contributed by atoms with Gasteiger partial charge in [-0.2, -0.15) is 0 Å². The Morgan fingerprint density at radius 1 is 1.02 bits per heavy atom. The highest BCUT2D eigenvalue weighted by molar-refractivity contribution is 6.12. The predicted molar refractivity (Wildman–Crippen MR) is 197 cm³/mol. The SMILES string of the molecule is CC(C)(C)[C@H](c1cc(-c2cc(F)ccc2F)cn1Cc1ccccc1)N(CC[C@H](N)C(=O)N[C@H]1CCC[C@H]1C(=O)NCCN1C(=O)C=CC1=O)C(=O)CO. The molecule has 2 heterocycles. The zero-order valence-corrected chi connectivity index (χ0v) is 30.8. The second kappa shape index (κ2) is 17.3. The molecule has 0 bridgehead atoms. The molecule has 1 aromatic heterocycles. The number of carbonyl (C=O) groups excluding carboxylic acids is 5. The van der Waals surface area contributed by atoms with Gasteiger partial charge >= 0.3 is 0 Å². The highest BCUT2D eigenvalue weighted by Crippen LogP contribution is 2.41. The van der Waals surface area contributed by atoms with Crippen molar-refractivity contribution in [1.29, 1.82) is 0 Å². The van der Waals surface area contributed by atoms with E-state index in [1.165, 1.54) is 17.1 Å². The molecule has 2 aliphatic rings. The molecule has 5 N–H and O–H groups in total. The van der Waals surface area contributed by atoms with Crippen LogP contribution in [0.1, 0.15) is 63.8 Å². The lowest BCUT2D eigenvalue weighted by Gasteiger charge is -2.41. The Balaban J connectivity index is 1.32. The Morgan fingerprint density at radius 2 is 1.72 bits per heavy atom. The van der Waals surface area contributed by atoms with Crippen LogP contribution in [0, 0.1) is 23.0 Å². The summed E-state index contributed by atoms with van der Waals surface area (Å²) >= 11 is 0. The van der Waals surface area contributed by atoms with Gasteiger partial charge in [-0.1, -0.05) is 57.5 Å². The zero-order chi connectivity index (χ0) is 39.2. The first-order valence-corrected chi connectivity index (χ1v) is 18.1. The number of carbonyl (C=O) groups is 5. The van der Waals surface area contributed by atoms with E-state index in [2.05, 4.69) is 10.6 Å². The Labute approximate surface area is 313 Å².